The van der Waals surface area contributed by atoms with Crippen molar-refractivity contribution in [3.8, 4) is 0 Å². The zero-order chi connectivity index (χ0) is 15.2. The normalized spacial score (nSPS) is 29.3. The maximum absolute atomic E-state index is 12.6. The average molecular weight is 327 g/mol. The molecule has 3 aliphatic rings. The van der Waals surface area contributed by atoms with Crippen molar-refractivity contribution >= 4 is 17.7 Å². The highest BCUT2D eigenvalue weighted by Crippen LogP contribution is 2.23. The minimum atomic E-state index is 0.358. The van der Waals surface area contributed by atoms with Crippen molar-refractivity contribution in [3.05, 3.63) is 0 Å². The van der Waals surface area contributed by atoms with E-state index in [1.165, 1.54) is 30.9 Å². The topological polar surface area (TPSA) is 32.8 Å². The van der Waals surface area contributed by atoms with Crippen LogP contribution in [0.5, 0.6) is 0 Å². The maximum atomic E-state index is 12.6. The van der Waals surface area contributed by atoms with Gasteiger partial charge in [0.1, 0.15) is 0 Å². The minimum Gasteiger partial charge on any atom is -0.381 e. The Morgan fingerprint density at radius 2 is 1.91 bits per heavy atom. The Hall–Kier alpha value is -0.260. The molecule has 0 aromatic heterocycles. The third-order valence-corrected chi connectivity index (χ3v) is 6.36. The molecule has 3 heterocycles. The van der Waals surface area contributed by atoms with Gasteiger partial charge < -0.3 is 9.64 Å². The van der Waals surface area contributed by atoms with E-state index in [1.807, 2.05) is 0 Å². The lowest BCUT2D eigenvalue weighted by atomic mass is 9.98. The van der Waals surface area contributed by atoms with Crippen molar-refractivity contribution in [1.29, 1.82) is 0 Å². The highest BCUT2D eigenvalue weighted by Gasteiger charge is 2.26. The van der Waals surface area contributed by atoms with Crippen LogP contribution >= 0.6 is 11.8 Å². The van der Waals surface area contributed by atoms with Gasteiger partial charge in [0.2, 0.25) is 5.91 Å². The number of rotatable bonds is 3. The van der Waals surface area contributed by atoms with Crippen LogP contribution < -0.4 is 0 Å². The van der Waals surface area contributed by atoms with E-state index >= 15 is 0 Å². The zero-order valence-electron chi connectivity index (χ0n) is 13.7. The molecule has 3 aliphatic heterocycles. The summed E-state index contributed by atoms with van der Waals surface area (Å²) in [5.41, 5.74) is 0. The smallest absolute Gasteiger partial charge is 0.222 e. The Morgan fingerprint density at radius 3 is 2.68 bits per heavy atom. The van der Waals surface area contributed by atoms with Crippen LogP contribution in [0.1, 0.15) is 38.5 Å². The molecule has 0 aromatic rings. The van der Waals surface area contributed by atoms with Crippen LogP contribution in [0, 0.1) is 5.92 Å². The second-order valence-electron chi connectivity index (χ2n) is 6.90. The fraction of sp³-hybridized carbons (Fsp3) is 0.941. The van der Waals surface area contributed by atoms with Crippen molar-refractivity contribution in [2.75, 3.05) is 50.9 Å². The first-order valence-electron chi connectivity index (χ1n) is 9.00. The molecule has 3 saturated heterocycles. The van der Waals surface area contributed by atoms with Gasteiger partial charge in [-0.2, -0.15) is 11.8 Å². The van der Waals surface area contributed by atoms with E-state index in [9.17, 15) is 4.79 Å². The van der Waals surface area contributed by atoms with Gasteiger partial charge in [0.25, 0.3) is 0 Å². The number of thioether (sulfide) groups is 1. The Kier molecular flexibility index (Phi) is 6.45. The van der Waals surface area contributed by atoms with Gasteiger partial charge in [-0.1, -0.05) is 0 Å². The minimum absolute atomic E-state index is 0.358. The fourth-order valence-electron chi connectivity index (χ4n) is 3.95. The molecule has 1 atom stereocenters. The summed E-state index contributed by atoms with van der Waals surface area (Å²) in [4.78, 5) is 17.3. The quantitative estimate of drug-likeness (QED) is 0.796. The molecule has 0 aromatic carbocycles. The van der Waals surface area contributed by atoms with Gasteiger partial charge in [-0.3, -0.25) is 9.69 Å². The van der Waals surface area contributed by atoms with E-state index in [0.717, 1.165) is 58.2 Å². The molecular weight excluding hydrogens is 296 g/mol. The first-order valence-corrected chi connectivity index (χ1v) is 10.2. The summed E-state index contributed by atoms with van der Waals surface area (Å²) in [5.74, 6) is 3.43. The number of hydrogen-bond acceptors (Lipinski definition) is 4. The standard InChI is InChI=1S/C17H30N2O2S/c20-17(13-15-3-1-10-21-14-15)19-7-2-6-18(8-9-19)16-4-11-22-12-5-16/h15-16H,1-14H2. The predicted molar refractivity (Wildman–Crippen MR) is 91.3 cm³/mol. The van der Waals surface area contributed by atoms with E-state index in [2.05, 4.69) is 21.6 Å². The average Bonchev–Trinajstić information content (AvgIpc) is 2.83. The summed E-state index contributed by atoms with van der Waals surface area (Å²) in [6.07, 6.45) is 6.77. The molecule has 126 valence electrons. The lowest BCUT2D eigenvalue weighted by Crippen LogP contribution is -2.41. The summed E-state index contributed by atoms with van der Waals surface area (Å²) in [7, 11) is 0. The SMILES string of the molecule is O=C(CC1CCCOC1)N1CCCN(C2CCSCC2)CC1. The van der Waals surface area contributed by atoms with Crippen molar-refractivity contribution in [2.45, 2.75) is 44.6 Å². The van der Waals surface area contributed by atoms with E-state index in [1.54, 1.807) is 0 Å². The number of hydrogen-bond donors (Lipinski definition) is 0. The molecule has 0 radical (unpaired) electrons. The summed E-state index contributed by atoms with van der Waals surface area (Å²) < 4.78 is 5.51. The Bertz CT molecular complexity index is 355. The fourth-order valence-corrected chi connectivity index (χ4v) is 5.03. The van der Waals surface area contributed by atoms with Crippen molar-refractivity contribution in [3.63, 3.8) is 0 Å². The predicted octanol–water partition coefficient (Wildman–Crippen LogP) is 2.23. The molecule has 5 heteroatoms. The number of carbonyl (C=O) groups is 1. The molecule has 1 amide bonds. The molecule has 22 heavy (non-hydrogen) atoms. The van der Waals surface area contributed by atoms with Gasteiger partial charge >= 0.3 is 0 Å². The zero-order valence-corrected chi connectivity index (χ0v) is 14.5. The summed E-state index contributed by atoms with van der Waals surface area (Å²) >= 11 is 2.09. The van der Waals surface area contributed by atoms with Crippen LogP contribution in [0.25, 0.3) is 0 Å². The van der Waals surface area contributed by atoms with Crippen molar-refractivity contribution in [1.82, 2.24) is 9.80 Å². The molecule has 3 rings (SSSR count). The summed E-state index contributed by atoms with van der Waals surface area (Å²) in [6, 6.07) is 0.767. The molecular formula is C17H30N2O2S. The highest BCUT2D eigenvalue weighted by molar-refractivity contribution is 7.99. The maximum Gasteiger partial charge on any atom is 0.222 e. The van der Waals surface area contributed by atoms with Gasteiger partial charge in [0.05, 0.1) is 0 Å². The lowest BCUT2D eigenvalue weighted by molar-refractivity contribution is -0.133. The molecule has 0 saturated carbocycles. The molecule has 3 fully saturated rings. The van der Waals surface area contributed by atoms with Gasteiger partial charge in [0.15, 0.2) is 0 Å². The van der Waals surface area contributed by atoms with Crippen LogP contribution in [-0.2, 0) is 9.53 Å². The van der Waals surface area contributed by atoms with Crippen LogP contribution in [0.4, 0.5) is 0 Å². The Labute approximate surface area is 138 Å². The molecule has 0 bridgehead atoms. The number of carbonyl (C=O) groups excluding carboxylic acids is 1. The van der Waals surface area contributed by atoms with Crippen LogP contribution in [0.2, 0.25) is 0 Å². The molecule has 0 spiro atoms. The number of amides is 1. The molecule has 0 aliphatic carbocycles. The first-order chi connectivity index (χ1) is 10.8. The molecule has 1 unspecified atom stereocenters. The summed E-state index contributed by atoms with van der Waals surface area (Å²) in [6.45, 7) is 5.78. The second kappa shape index (κ2) is 8.55. The number of nitrogens with zero attached hydrogens (tertiary/aromatic N) is 2. The highest BCUT2D eigenvalue weighted by atomic mass is 32.2. The van der Waals surface area contributed by atoms with Crippen molar-refractivity contribution < 1.29 is 9.53 Å². The monoisotopic (exact) mass is 326 g/mol. The van der Waals surface area contributed by atoms with Gasteiger partial charge in [0, 0.05) is 51.9 Å². The number of ether oxygens (including phenoxy) is 1. The lowest BCUT2D eigenvalue weighted by Gasteiger charge is -2.33. The largest absolute Gasteiger partial charge is 0.381 e. The summed E-state index contributed by atoms with van der Waals surface area (Å²) in [5, 5.41) is 0. The third kappa shape index (κ3) is 4.62. The Balaban J connectivity index is 1.45. The van der Waals surface area contributed by atoms with Gasteiger partial charge in [-0.25, -0.2) is 0 Å². The van der Waals surface area contributed by atoms with Crippen LogP contribution in [0.3, 0.4) is 0 Å². The first kappa shape index (κ1) is 16.6. The van der Waals surface area contributed by atoms with E-state index in [0.29, 0.717) is 18.2 Å². The van der Waals surface area contributed by atoms with E-state index in [4.69, 9.17) is 4.74 Å². The van der Waals surface area contributed by atoms with Crippen LogP contribution in [0.15, 0.2) is 0 Å². The Morgan fingerprint density at radius 1 is 1.05 bits per heavy atom. The van der Waals surface area contributed by atoms with Crippen molar-refractivity contribution in [2.24, 2.45) is 5.92 Å². The third-order valence-electron chi connectivity index (χ3n) is 5.31. The molecule has 0 N–H and O–H groups in total. The van der Waals surface area contributed by atoms with Gasteiger partial charge in [-0.05, 0) is 49.5 Å². The molecule has 4 nitrogen and oxygen atoms in total. The van der Waals surface area contributed by atoms with Crippen LogP contribution in [-0.4, -0.2) is 72.6 Å². The van der Waals surface area contributed by atoms with E-state index < -0.39 is 0 Å². The second-order valence-corrected chi connectivity index (χ2v) is 8.13. The van der Waals surface area contributed by atoms with Gasteiger partial charge in [-0.15, -0.1) is 0 Å². The van der Waals surface area contributed by atoms with E-state index in [-0.39, 0.29) is 0 Å².